The zero-order valence-corrected chi connectivity index (χ0v) is 17.2. The Morgan fingerprint density at radius 2 is 1.83 bits per heavy atom. The molecule has 0 bridgehead atoms. The molecule has 30 heavy (non-hydrogen) atoms. The van der Waals surface area contributed by atoms with Crippen LogP contribution in [-0.4, -0.2) is 18.0 Å². The lowest BCUT2D eigenvalue weighted by molar-refractivity contribution is -0.117. The van der Waals surface area contributed by atoms with Crippen molar-refractivity contribution in [2.24, 2.45) is 0 Å². The van der Waals surface area contributed by atoms with E-state index in [1.807, 2.05) is 48.5 Å². The van der Waals surface area contributed by atoms with E-state index in [0.717, 1.165) is 16.8 Å². The summed E-state index contributed by atoms with van der Waals surface area (Å²) in [5.41, 5.74) is 3.59. The number of benzene rings is 3. The van der Waals surface area contributed by atoms with Gasteiger partial charge in [-0.1, -0.05) is 41.9 Å². The molecule has 0 fully saturated rings. The number of methoxy groups -OCH3 is 1. The van der Waals surface area contributed by atoms with Gasteiger partial charge in [0.1, 0.15) is 17.3 Å². The fourth-order valence-corrected chi connectivity index (χ4v) is 3.46. The van der Waals surface area contributed by atoms with E-state index < -0.39 is 6.04 Å². The Hall–Kier alpha value is -3.51. The minimum Gasteiger partial charge on any atom is -0.495 e. The maximum Gasteiger partial charge on any atom is 0.251 e. The van der Waals surface area contributed by atoms with Crippen molar-refractivity contribution in [3.8, 4) is 5.75 Å². The topological polar surface area (TPSA) is 76.4 Å². The van der Waals surface area contributed by atoms with Crippen LogP contribution in [0.4, 0.5) is 11.4 Å². The zero-order chi connectivity index (χ0) is 21.1. The van der Waals surface area contributed by atoms with Crippen LogP contribution >= 0.6 is 11.6 Å². The SMILES string of the molecule is COc1ccc(NC(=O)[C@@H](Nc2ccc3oc(C)nc3c2)c2ccccc2)cc1Cl. The fourth-order valence-electron chi connectivity index (χ4n) is 3.20. The molecule has 0 saturated heterocycles. The van der Waals surface area contributed by atoms with Gasteiger partial charge in [-0.25, -0.2) is 4.98 Å². The number of rotatable bonds is 6. The minimum atomic E-state index is -0.627. The van der Waals surface area contributed by atoms with E-state index in [0.29, 0.717) is 27.9 Å². The predicted molar refractivity (Wildman–Crippen MR) is 118 cm³/mol. The van der Waals surface area contributed by atoms with Crippen molar-refractivity contribution in [2.45, 2.75) is 13.0 Å². The second-order valence-corrected chi connectivity index (χ2v) is 7.15. The maximum atomic E-state index is 13.2. The largest absolute Gasteiger partial charge is 0.495 e. The molecule has 2 N–H and O–H groups in total. The number of hydrogen-bond acceptors (Lipinski definition) is 5. The number of nitrogens with one attached hydrogen (secondary N) is 2. The number of oxazole rings is 1. The number of fused-ring (bicyclic) bond motifs is 1. The molecule has 1 amide bonds. The Morgan fingerprint density at radius 1 is 1.07 bits per heavy atom. The molecule has 0 aliphatic carbocycles. The van der Waals surface area contributed by atoms with Crippen LogP contribution in [0.25, 0.3) is 11.1 Å². The second-order valence-electron chi connectivity index (χ2n) is 6.74. The van der Waals surface area contributed by atoms with Crippen LogP contribution in [0.5, 0.6) is 5.75 Å². The minimum absolute atomic E-state index is 0.223. The molecule has 0 saturated carbocycles. The van der Waals surface area contributed by atoms with Crippen LogP contribution in [0.3, 0.4) is 0 Å². The predicted octanol–water partition coefficient (Wildman–Crippen LogP) is 5.59. The number of amides is 1. The molecule has 0 spiro atoms. The number of anilines is 2. The first-order chi connectivity index (χ1) is 14.5. The molecule has 0 aliphatic heterocycles. The summed E-state index contributed by atoms with van der Waals surface area (Å²) in [5.74, 6) is 0.915. The lowest BCUT2D eigenvalue weighted by Crippen LogP contribution is -2.27. The second kappa shape index (κ2) is 8.47. The third-order valence-electron chi connectivity index (χ3n) is 4.62. The standard InChI is InChI=1S/C23H20ClN3O3/c1-14-25-19-13-17(9-11-21(19)30-14)26-22(15-6-4-3-5-7-15)23(28)27-16-8-10-20(29-2)18(24)12-16/h3-13,22,26H,1-2H3,(H,27,28)/t22-/m0/s1. The van der Waals surface area contributed by atoms with Gasteiger partial charge in [-0.3, -0.25) is 4.79 Å². The number of aryl methyl sites for hydroxylation is 1. The Balaban J connectivity index is 1.62. The van der Waals surface area contributed by atoms with Gasteiger partial charge in [0.15, 0.2) is 11.5 Å². The molecule has 1 heterocycles. The highest BCUT2D eigenvalue weighted by molar-refractivity contribution is 6.32. The summed E-state index contributed by atoms with van der Waals surface area (Å²) in [6.45, 7) is 1.80. The molecule has 3 aromatic carbocycles. The van der Waals surface area contributed by atoms with Gasteiger partial charge in [0.05, 0.1) is 12.1 Å². The first-order valence-electron chi connectivity index (χ1n) is 9.36. The number of ether oxygens (including phenoxy) is 1. The molecule has 4 aromatic rings. The van der Waals surface area contributed by atoms with E-state index in [1.54, 1.807) is 32.2 Å². The van der Waals surface area contributed by atoms with Gasteiger partial charge in [-0.05, 0) is 42.0 Å². The van der Waals surface area contributed by atoms with E-state index in [4.69, 9.17) is 20.8 Å². The molecule has 0 aliphatic rings. The molecular weight excluding hydrogens is 402 g/mol. The van der Waals surface area contributed by atoms with Crippen molar-refractivity contribution < 1.29 is 13.9 Å². The van der Waals surface area contributed by atoms with Crippen LogP contribution in [0.2, 0.25) is 5.02 Å². The van der Waals surface area contributed by atoms with Crippen LogP contribution < -0.4 is 15.4 Å². The van der Waals surface area contributed by atoms with Crippen molar-refractivity contribution in [3.05, 3.63) is 83.2 Å². The fraction of sp³-hybridized carbons (Fsp3) is 0.130. The Kier molecular flexibility index (Phi) is 5.59. The van der Waals surface area contributed by atoms with Crippen LogP contribution in [0.1, 0.15) is 17.5 Å². The van der Waals surface area contributed by atoms with Crippen molar-refractivity contribution >= 4 is 40.0 Å². The number of carbonyl (C=O) groups excluding carboxylic acids is 1. The van der Waals surface area contributed by atoms with E-state index >= 15 is 0 Å². The van der Waals surface area contributed by atoms with Crippen LogP contribution in [0, 0.1) is 6.92 Å². The number of carbonyl (C=O) groups is 1. The average Bonchev–Trinajstić information content (AvgIpc) is 3.12. The summed E-state index contributed by atoms with van der Waals surface area (Å²) in [6, 6.07) is 19.5. The lowest BCUT2D eigenvalue weighted by atomic mass is 10.1. The highest BCUT2D eigenvalue weighted by Crippen LogP contribution is 2.29. The third-order valence-corrected chi connectivity index (χ3v) is 4.92. The molecular formula is C23H20ClN3O3. The first kappa shape index (κ1) is 19.8. The van der Waals surface area contributed by atoms with Crippen LogP contribution in [0.15, 0.2) is 71.1 Å². The first-order valence-corrected chi connectivity index (χ1v) is 9.74. The van der Waals surface area contributed by atoms with Crippen molar-refractivity contribution in [2.75, 3.05) is 17.7 Å². The monoisotopic (exact) mass is 421 g/mol. The maximum absolute atomic E-state index is 13.2. The summed E-state index contributed by atoms with van der Waals surface area (Å²) in [6.07, 6.45) is 0. The van der Waals surface area contributed by atoms with E-state index in [9.17, 15) is 4.79 Å². The van der Waals surface area contributed by atoms with Crippen molar-refractivity contribution in [3.63, 3.8) is 0 Å². The highest BCUT2D eigenvalue weighted by atomic mass is 35.5. The number of aromatic nitrogens is 1. The Morgan fingerprint density at radius 3 is 2.57 bits per heavy atom. The van der Waals surface area contributed by atoms with E-state index in [1.165, 1.54) is 0 Å². The lowest BCUT2D eigenvalue weighted by Gasteiger charge is -2.20. The molecule has 0 unspecified atom stereocenters. The molecule has 6 nitrogen and oxygen atoms in total. The summed E-state index contributed by atoms with van der Waals surface area (Å²) in [5, 5.41) is 6.64. The van der Waals surface area contributed by atoms with Crippen molar-refractivity contribution in [1.29, 1.82) is 0 Å². The highest BCUT2D eigenvalue weighted by Gasteiger charge is 2.21. The number of halogens is 1. The van der Waals surface area contributed by atoms with Gasteiger partial charge in [0.25, 0.3) is 5.91 Å². The third kappa shape index (κ3) is 4.23. The normalized spacial score (nSPS) is 11.8. The molecule has 152 valence electrons. The van der Waals surface area contributed by atoms with E-state index in [2.05, 4.69) is 15.6 Å². The van der Waals surface area contributed by atoms with Gasteiger partial charge < -0.3 is 19.8 Å². The van der Waals surface area contributed by atoms with Crippen LogP contribution in [-0.2, 0) is 4.79 Å². The number of hydrogen-bond donors (Lipinski definition) is 2. The summed E-state index contributed by atoms with van der Waals surface area (Å²) in [7, 11) is 1.54. The molecule has 0 radical (unpaired) electrons. The van der Waals surface area contributed by atoms with Gasteiger partial charge in [0, 0.05) is 18.3 Å². The summed E-state index contributed by atoms with van der Waals surface area (Å²) in [4.78, 5) is 17.5. The number of nitrogens with zero attached hydrogens (tertiary/aromatic N) is 1. The van der Waals surface area contributed by atoms with Gasteiger partial charge >= 0.3 is 0 Å². The van der Waals surface area contributed by atoms with Gasteiger partial charge in [-0.15, -0.1) is 0 Å². The van der Waals surface area contributed by atoms with Gasteiger partial charge in [0.2, 0.25) is 0 Å². The zero-order valence-electron chi connectivity index (χ0n) is 16.5. The molecule has 1 aromatic heterocycles. The summed E-state index contributed by atoms with van der Waals surface area (Å²) < 4.78 is 10.7. The molecule has 7 heteroatoms. The Bertz CT molecular complexity index is 1190. The average molecular weight is 422 g/mol. The quantitative estimate of drug-likeness (QED) is 0.424. The summed E-state index contributed by atoms with van der Waals surface area (Å²) >= 11 is 6.19. The smallest absolute Gasteiger partial charge is 0.251 e. The van der Waals surface area contributed by atoms with E-state index in [-0.39, 0.29) is 5.91 Å². The van der Waals surface area contributed by atoms with Crippen molar-refractivity contribution in [1.82, 2.24) is 4.98 Å². The Labute approximate surface area is 178 Å². The molecule has 1 atom stereocenters. The molecule has 4 rings (SSSR count). The van der Waals surface area contributed by atoms with Gasteiger partial charge in [-0.2, -0.15) is 0 Å².